The van der Waals surface area contributed by atoms with Crippen LogP contribution in [-0.2, 0) is 25.5 Å². The lowest BCUT2D eigenvalue weighted by Gasteiger charge is -2.31. The number of aliphatic hydroxyl groups is 1. The van der Waals surface area contributed by atoms with Crippen molar-refractivity contribution >= 4 is 28.5 Å². The van der Waals surface area contributed by atoms with E-state index in [1.807, 2.05) is 70.2 Å². The fraction of sp³-hybridized carbons (Fsp3) is 0.567. The van der Waals surface area contributed by atoms with Gasteiger partial charge >= 0.3 is 0 Å². The minimum absolute atomic E-state index is 0.0354. The molecule has 0 bridgehead atoms. The standard InChI is InChI=1S/C30H44N4O5/c1-20(19-39-5)31-17-24(35)18-32-27(36)25(16-21-12-13-22-9-6-7-10-23(22)15-21)33-28(37)26-11-8-14-34(26)29(38)30(2,3)4/h6-7,9-10,12-13,15,20,24-26,31,35H,8,11,14,16-19H2,1-5H3,(H,32,36)(H,33,37)/t20?,24?,25-,26?/m1/s1. The summed E-state index contributed by atoms with van der Waals surface area (Å²) >= 11 is 0. The zero-order valence-electron chi connectivity index (χ0n) is 23.8. The number of ether oxygens (including phenoxy) is 1. The van der Waals surface area contributed by atoms with Gasteiger partial charge in [-0.1, -0.05) is 63.2 Å². The van der Waals surface area contributed by atoms with Crippen LogP contribution in [-0.4, -0.2) is 85.3 Å². The van der Waals surface area contributed by atoms with Crippen molar-refractivity contribution in [3.8, 4) is 0 Å². The number of nitrogens with one attached hydrogen (secondary N) is 3. The summed E-state index contributed by atoms with van der Waals surface area (Å²) in [5, 5.41) is 21.4. The van der Waals surface area contributed by atoms with E-state index < -0.39 is 23.6 Å². The topological polar surface area (TPSA) is 120 Å². The summed E-state index contributed by atoms with van der Waals surface area (Å²) in [5.41, 5.74) is 0.300. The van der Waals surface area contributed by atoms with Gasteiger partial charge in [0.05, 0.1) is 12.7 Å². The summed E-state index contributed by atoms with van der Waals surface area (Å²) < 4.78 is 5.09. The zero-order valence-corrected chi connectivity index (χ0v) is 23.8. The number of fused-ring (bicyclic) bond motifs is 1. The SMILES string of the molecule is COCC(C)NCC(O)CNC(=O)[C@@H](Cc1ccc2ccccc2c1)NC(=O)C1CCCN1C(=O)C(C)(C)C. The smallest absolute Gasteiger partial charge is 0.243 e. The van der Waals surface area contributed by atoms with Crippen LogP contribution in [0.5, 0.6) is 0 Å². The molecule has 214 valence electrons. The molecule has 4 atom stereocenters. The first-order valence-corrected chi connectivity index (χ1v) is 13.8. The van der Waals surface area contributed by atoms with Crippen LogP contribution in [0.2, 0.25) is 0 Å². The number of amides is 3. The Labute approximate surface area is 231 Å². The maximum atomic E-state index is 13.4. The van der Waals surface area contributed by atoms with Gasteiger partial charge in [-0.05, 0) is 36.1 Å². The minimum Gasteiger partial charge on any atom is -0.390 e. The first-order chi connectivity index (χ1) is 18.5. The number of benzene rings is 2. The first kappa shape index (κ1) is 30.5. The Morgan fingerprint density at radius 1 is 1.10 bits per heavy atom. The Hall–Kier alpha value is -3.01. The highest BCUT2D eigenvalue weighted by Crippen LogP contribution is 2.26. The number of hydrogen-bond acceptors (Lipinski definition) is 6. The van der Waals surface area contributed by atoms with Gasteiger partial charge in [0.1, 0.15) is 12.1 Å². The van der Waals surface area contributed by atoms with Crippen molar-refractivity contribution in [3.05, 3.63) is 48.0 Å². The molecule has 0 spiro atoms. The van der Waals surface area contributed by atoms with Crippen LogP contribution in [0.15, 0.2) is 42.5 Å². The lowest BCUT2D eigenvalue weighted by molar-refractivity contribution is -0.145. The molecule has 0 aliphatic carbocycles. The summed E-state index contributed by atoms with van der Waals surface area (Å²) in [5.74, 6) is -0.789. The van der Waals surface area contributed by atoms with E-state index in [-0.39, 0.29) is 36.7 Å². The van der Waals surface area contributed by atoms with E-state index in [2.05, 4.69) is 16.0 Å². The summed E-state index contributed by atoms with van der Waals surface area (Å²) in [7, 11) is 1.61. The summed E-state index contributed by atoms with van der Waals surface area (Å²) in [6.07, 6.45) is 0.770. The van der Waals surface area contributed by atoms with Crippen molar-refractivity contribution in [3.63, 3.8) is 0 Å². The van der Waals surface area contributed by atoms with Crippen LogP contribution >= 0.6 is 0 Å². The molecule has 1 aliphatic heterocycles. The van der Waals surface area contributed by atoms with E-state index in [9.17, 15) is 19.5 Å². The fourth-order valence-corrected chi connectivity index (χ4v) is 4.85. The molecule has 39 heavy (non-hydrogen) atoms. The molecule has 9 nitrogen and oxygen atoms in total. The lowest BCUT2D eigenvalue weighted by atomic mass is 9.94. The molecule has 1 aliphatic rings. The van der Waals surface area contributed by atoms with Gasteiger partial charge < -0.3 is 30.7 Å². The highest BCUT2D eigenvalue weighted by atomic mass is 16.5. The van der Waals surface area contributed by atoms with Gasteiger partial charge in [0.2, 0.25) is 17.7 Å². The molecular weight excluding hydrogens is 496 g/mol. The van der Waals surface area contributed by atoms with Crippen molar-refractivity contribution in [1.82, 2.24) is 20.9 Å². The van der Waals surface area contributed by atoms with E-state index >= 15 is 0 Å². The highest BCUT2D eigenvalue weighted by Gasteiger charge is 2.39. The van der Waals surface area contributed by atoms with E-state index in [1.54, 1.807) is 12.0 Å². The Morgan fingerprint density at radius 3 is 2.51 bits per heavy atom. The molecule has 3 rings (SSSR count). The van der Waals surface area contributed by atoms with Crippen LogP contribution in [0.4, 0.5) is 0 Å². The second kappa shape index (κ2) is 13.9. The number of likely N-dealkylation sites (tertiary alicyclic amines) is 1. The zero-order chi connectivity index (χ0) is 28.6. The highest BCUT2D eigenvalue weighted by molar-refractivity contribution is 5.93. The van der Waals surface area contributed by atoms with Gasteiger partial charge in [-0.15, -0.1) is 0 Å². The van der Waals surface area contributed by atoms with Crippen LogP contribution in [0.25, 0.3) is 10.8 Å². The fourth-order valence-electron chi connectivity index (χ4n) is 4.85. The third kappa shape index (κ3) is 8.74. The largest absolute Gasteiger partial charge is 0.390 e. The third-order valence-electron chi connectivity index (χ3n) is 6.98. The minimum atomic E-state index is -0.863. The van der Waals surface area contributed by atoms with Crippen LogP contribution in [0, 0.1) is 5.41 Å². The normalized spacial score (nSPS) is 18.0. The lowest BCUT2D eigenvalue weighted by Crippen LogP contribution is -2.55. The Bertz CT molecular complexity index is 1130. The van der Waals surface area contributed by atoms with Crippen LogP contribution in [0.1, 0.15) is 46.1 Å². The number of hydrogen-bond donors (Lipinski definition) is 4. The second-order valence-electron chi connectivity index (χ2n) is 11.5. The van der Waals surface area contributed by atoms with Gasteiger partial charge in [0.25, 0.3) is 0 Å². The molecule has 4 N–H and O–H groups in total. The Balaban J connectivity index is 1.72. The maximum Gasteiger partial charge on any atom is 0.243 e. The van der Waals surface area contributed by atoms with E-state index in [0.29, 0.717) is 26.1 Å². The summed E-state index contributed by atoms with van der Waals surface area (Å²) in [6.45, 7) is 8.83. The van der Waals surface area contributed by atoms with Gasteiger partial charge in [0.15, 0.2) is 0 Å². The molecule has 0 aromatic heterocycles. The molecule has 9 heteroatoms. The first-order valence-electron chi connectivity index (χ1n) is 13.8. The molecule has 3 amide bonds. The van der Waals surface area contributed by atoms with Crippen LogP contribution < -0.4 is 16.0 Å². The maximum absolute atomic E-state index is 13.4. The monoisotopic (exact) mass is 540 g/mol. The molecule has 1 saturated heterocycles. The molecule has 2 aromatic carbocycles. The van der Waals surface area contributed by atoms with Gasteiger partial charge in [-0.2, -0.15) is 0 Å². The number of aliphatic hydroxyl groups excluding tert-OH is 1. The molecule has 2 aromatic rings. The van der Waals surface area contributed by atoms with Crippen molar-refractivity contribution in [1.29, 1.82) is 0 Å². The second-order valence-corrected chi connectivity index (χ2v) is 11.5. The van der Waals surface area contributed by atoms with Crippen molar-refractivity contribution in [2.24, 2.45) is 5.41 Å². The molecule has 3 unspecified atom stereocenters. The molecule has 0 saturated carbocycles. The molecular formula is C30H44N4O5. The molecule has 1 heterocycles. The third-order valence-corrected chi connectivity index (χ3v) is 6.98. The van der Waals surface area contributed by atoms with E-state index in [1.165, 1.54) is 0 Å². The van der Waals surface area contributed by atoms with E-state index in [4.69, 9.17) is 4.74 Å². The predicted molar refractivity (Wildman–Crippen MR) is 152 cm³/mol. The van der Waals surface area contributed by atoms with Gasteiger partial charge in [-0.3, -0.25) is 14.4 Å². The average molecular weight is 541 g/mol. The van der Waals surface area contributed by atoms with Crippen molar-refractivity contribution < 1.29 is 24.2 Å². The summed E-state index contributed by atoms with van der Waals surface area (Å²) in [4.78, 5) is 41.4. The van der Waals surface area contributed by atoms with Gasteiger partial charge in [0, 0.05) is 44.6 Å². The van der Waals surface area contributed by atoms with E-state index in [0.717, 1.165) is 22.8 Å². The number of nitrogens with zero attached hydrogens (tertiary/aromatic N) is 1. The van der Waals surface area contributed by atoms with Gasteiger partial charge in [-0.25, -0.2) is 0 Å². The average Bonchev–Trinajstić information content (AvgIpc) is 3.39. The number of rotatable bonds is 12. The predicted octanol–water partition coefficient (Wildman–Crippen LogP) is 2.01. The van der Waals surface area contributed by atoms with Crippen LogP contribution in [0.3, 0.4) is 0 Å². The summed E-state index contributed by atoms with van der Waals surface area (Å²) in [6, 6.07) is 12.5. The molecule has 1 fully saturated rings. The number of carbonyl (C=O) groups is 3. The van der Waals surface area contributed by atoms with Crippen molar-refractivity contribution in [2.75, 3.05) is 33.4 Å². The number of methoxy groups -OCH3 is 1. The quantitative estimate of drug-likeness (QED) is 0.327. The molecule has 0 radical (unpaired) electrons. The Morgan fingerprint density at radius 2 is 1.82 bits per heavy atom. The Kier molecular flexibility index (Phi) is 10.9. The number of carbonyl (C=O) groups excluding carboxylic acids is 3. The van der Waals surface area contributed by atoms with Crippen molar-refractivity contribution in [2.45, 2.75) is 71.2 Å².